The molecule has 21 heavy (non-hydrogen) atoms. The summed E-state index contributed by atoms with van der Waals surface area (Å²) in [6.07, 6.45) is 3.11. The normalized spacial score (nSPS) is 21.8. The second kappa shape index (κ2) is 7.51. The maximum atomic E-state index is 11.7. The molecule has 1 fully saturated rings. The molecule has 1 heterocycles. The number of nitrogens with one attached hydrogen (secondary N) is 1. The number of ether oxygens (including phenoxy) is 2. The third kappa shape index (κ3) is 4.78. The number of hydrogen-bond acceptors (Lipinski definition) is 6. The zero-order valence-corrected chi connectivity index (χ0v) is 13.1. The molecule has 1 aliphatic rings. The number of carbonyl (C=O) groups excluding carboxylic acids is 2. The summed E-state index contributed by atoms with van der Waals surface area (Å²) in [7, 11) is 1.41. The van der Waals surface area contributed by atoms with Gasteiger partial charge in [0.05, 0.1) is 24.8 Å². The Hall–Kier alpha value is -1.47. The van der Waals surface area contributed by atoms with Gasteiger partial charge < -0.3 is 9.47 Å². The lowest BCUT2D eigenvalue weighted by Gasteiger charge is -2.26. The average molecular weight is 312 g/mol. The van der Waals surface area contributed by atoms with E-state index in [1.807, 2.05) is 12.3 Å². The molecule has 6 nitrogen and oxygen atoms in total. The number of rotatable bonds is 5. The highest BCUT2D eigenvalue weighted by molar-refractivity contribution is 7.13. The molecule has 1 aliphatic carbocycles. The number of amides is 1. The fourth-order valence-corrected chi connectivity index (χ4v) is 3.10. The van der Waals surface area contributed by atoms with Gasteiger partial charge in [0.25, 0.3) is 5.91 Å². The van der Waals surface area contributed by atoms with Crippen molar-refractivity contribution in [2.75, 3.05) is 19.0 Å². The van der Waals surface area contributed by atoms with Gasteiger partial charge in [-0.25, -0.2) is 4.98 Å². The number of aromatic nitrogens is 1. The van der Waals surface area contributed by atoms with Crippen LogP contribution in [0.1, 0.15) is 31.4 Å². The predicted molar refractivity (Wildman–Crippen MR) is 79.2 cm³/mol. The van der Waals surface area contributed by atoms with E-state index in [0.717, 1.165) is 31.4 Å². The first kappa shape index (κ1) is 15.9. The van der Waals surface area contributed by atoms with Crippen molar-refractivity contribution in [3.63, 3.8) is 0 Å². The zero-order valence-electron chi connectivity index (χ0n) is 12.3. The van der Waals surface area contributed by atoms with Gasteiger partial charge in [-0.15, -0.1) is 11.3 Å². The maximum Gasteiger partial charge on any atom is 0.308 e. The van der Waals surface area contributed by atoms with Gasteiger partial charge in [-0.1, -0.05) is 0 Å². The molecule has 116 valence electrons. The van der Waals surface area contributed by atoms with Crippen molar-refractivity contribution in [2.24, 2.45) is 5.92 Å². The summed E-state index contributed by atoms with van der Waals surface area (Å²) in [5.41, 5.74) is 0.886. The van der Waals surface area contributed by atoms with Crippen molar-refractivity contribution in [2.45, 2.75) is 38.7 Å². The van der Waals surface area contributed by atoms with Crippen LogP contribution in [0.3, 0.4) is 0 Å². The van der Waals surface area contributed by atoms with Crippen LogP contribution in [0, 0.1) is 12.8 Å². The molecular weight excluding hydrogens is 292 g/mol. The molecule has 0 bridgehead atoms. The van der Waals surface area contributed by atoms with Crippen LogP contribution >= 0.6 is 11.3 Å². The molecule has 1 amide bonds. The van der Waals surface area contributed by atoms with Crippen LogP contribution in [0.4, 0.5) is 5.13 Å². The lowest BCUT2D eigenvalue weighted by atomic mass is 9.87. The zero-order chi connectivity index (χ0) is 15.2. The first-order valence-electron chi connectivity index (χ1n) is 7.00. The Morgan fingerprint density at radius 3 is 2.67 bits per heavy atom. The molecule has 0 saturated heterocycles. The number of esters is 1. The monoisotopic (exact) mass is 312 g/mol. The van der Waals surface area contributed by atoms with Crippen molar-refractivity contribution >= 4 is 28.3 Å². The second-order valence-corrected chi connectivity index (χ2v) is 6.01. The van der Waals surface area contributed by atoms with Crippen LogP contribution in [-0.4, -0.2) is 36.7 Å². The lowest BCUT2D eigenvalue weighted by Crippen LogP contribution is -2.29. The highest BCUT2D eigenvalue weighted by Gasteiger charge is 2.27. The second-order valence-electron chi connectivity index (χ2n) is 5.15. The van der Waals surface area contributed by atoms with E-state index in [-0.39, 0.29) is 30.5 Å². The quantitative estimate of drug-likeness (QED) is 0.843. The molecule has 0 spiro atoms. The van der Waals surface area contributed by atoms with Gasteiger partial charge in [-0.3, -0.25) is 14.9 Å². The van der Waals surface area contributed by atoms with Gasteiger partial charge >= 0.3 is 5.97 Å². The molecule has 1 aromatic rings. The van der Waals surface area contributed by atoms with E-state index in [1.165, 1.54) is 18.4 Å². The Bertz CT molecular complexity index is 495. The molecular formula is C14H20N2O4S. The number of hydrogen-bond donors (Lipinski definition) is 1. The minimum Gasteiger partial charge on any atom is -0.469 e. The summed E-state index contributed by atoms with van der Waals surface area (Å²) in [5.74, 6) is -0.369. The summed E-state index contributed by atoms with van der Waals surface area (Å²) in [5, 5.41) is 5.18. The molecule has 0 atom stereocenters. The van der Waals surface area contributed by atoms with Crippen LogP contribution in [0.25, 0.3) is 0 Å². The summed E-state index contributed by atoms with van der Waals surface area (Å²) >= 11 is 1.40. The minimum atomic E-state index is -0.195. The molecule has 0 aliphatic heterocycles. The summed E-state index contributed by atoms with van der Waals surface area (Å²) in [6, 6.07) is 0. The first-order valence-corrected chi connectivity index (χ1v) is 7.88. The van der Waals surface area contributed by atoms with E-state index in [0.29, 0.717) is 5.13 Å². The van der Waals surface area contributed by atoms with Crippen LogP contribution in [0.5, 0.6) is 0 Å². The van der Waals surface area contributed by atoms with Crippen LogP contribution in [0.15, 0.2) is 5.38 Å². The summed E-state index contributed by atoms with van der Waals surface area (Å²) in [4.78, 5) is 27.3. The van der Waals surface area contributed by atoms with Crippen LogP contribution < -0.4 is 5.32 Å². The molecule has 0 aromatic carbocycles. The van der Waals surface area contributed by atoms with E-state index in [1.54, 1.807) is 0 Å². The Balaban J connectivity index is 1.67. The highest BCUT2D eigenvalue weighted by atomic mass is 32.1. The molecule has 2 rings (SSSR count). The smallest absolute Gasteiger partial charge is 0.308 e. The number of nitrogens with zero attached hydrogens (tertiary/aromatic N) is 1. The molecule has 1 N–H and O–H groups in total. The SMILES string of the molecule is COC(=O)C1CCC(OCC(=O)Nc2nc(C)cs2)CC1. The number of methoxy groups -OCH3 is 1. The van der Waals surface area contributed by atoms with Gasteiger partial charge in [-0.2, -0.15) is 0 Å². The minimum absolute atomic E-state index is 0.0200. The number of aryl methyl sites for hydroxylation is 1. The van der Waals surface area contributed by atoms with E-state index < -0.39 is 0 Å². The topological polar surface area (TPSA) is 77.5 Å². The molecule has 1 saturated carbocycles. The van der Waals surface area contributed by atoms with Gasteiger partial charge in [0.15, 0.2) is 5.13 Å². The summed E-state index contributed by atoms with van der Waals surface area (Å²) in [6.45, 7) is 1.90. The Kier molecular flexibility index (Phi) is 5.69. The predicted octanol–water partition coefficient (Wildman–Crippen LogP) is 2.14. The van der Waals surface area contributed by atoms with Gasteiger partial charge in [0.1, 0.15) is 6.61 Å². The van der Waals surface area contributed by atoms with Crippen molar-refractivity contribution in [3.05, 3.63) is 11.1 Å². The molecule has 7 heteroatoms. The molecule has 0 unspecified atom stereocenters. The van der Waals surface area contributed by atoms with Crippen molar-refractivity contribution < 1.29 is 19.1 Å². The van der Waals surface area contributed by atoms with Gasteiger partial charge in [0, 0.05) is 5.38 Å². The third-order valence-electron chi connectivity index (χ3n) is 3.52. The van der Waals surface area contributed by atoms with E-state index >= 15 is 0 Å². The molecule has 0 radical (unpaired) electrons. The highest BCUT2D eigenvalue weighted by Crippen LogP contribution is 2.27. The Morgan fingerprint density at radius 2 is 2.10 bits per heavy atom. The average Bonchev–Trinajstić information content (AvgIpc) is 2.90. The fourth-order valence-electron chi connectivity index (χ4n) is 2.39. The van der Waals surface area contributed by atoms with Crippen molar-refractivity contribution in [1.82, 2.24) is 4.98 Å². The van der Waals surface area contributed by atoms with Crippen molar-refractivity contribution in [3.8, 4) is 0 Å². The number of carbonyl (C=O) groups is 2. The van der Waals surface area contributed by atoms with Crippen LogP contribution in [0.2, 0.25) is 0 Å². The standard InChI is InChI=1S/C14H20N2O4S/c1-9-8-21-14(15-9)16-12(17)7-20-11-5-3-10(4-6-11)13(18)19-2/h8,10-11H,3-7H2,1-2H3,(H,15,16,17). The first-order chi connectivity index (χ1) is 10.1. The van der Waals surface area contributed by atoms with Crippen LogP contribution in [-0.2, 0) is 19.1 Å². The number of thiazole rings is 1. The number of anilines is 1. The van der Waals surface area contributed by atoms with Gasteiger partial charge in [0.2, 0.25) is 0 Å². The van der Waals surface area contributed by atoms with E-state index in [9.17, 15) is 9.59 Å². The molecule has 1 aromatic heterocycles. The summed E-state index contributed by atoms with van der Waals surface area (Å²) < 4.78 is 10.3. The third-order valence-corrected chi connectivity index (χ3v) is 4.40. The Morgan fingerprint density at radius 1 is 1.38 bits per heavy atom. The van der Waals surface area contributed by atoms with E-state index in [4.69, 9.17) is 9.47 Å². The van der Waals surface area contributed by atoms with Gasteiger partial charge in [-0.05, 0) is 32.6 Å². The maximum absolute atomic E-state index is 11.7. The lowest BCUT2D eigenvalue weighted by molar-refractivity contribution is -0.148. The Labute approximate surface area is 127 Å². The van der Waals surface area contributed by atoms with Crippen molar-refractivity contribution in [1.29, 1.82) is 0 Å². The fraction of sp³-hybridized carbons (Fsp3) is 0.643. The van der Waals surface area contributed by atoms with E-state index in [2.05, 4.69) is 10.3 Å². The largest absolute Gasteiger partial charge is 0.469 e.